The molecule has 0 unspecified atom stereocenters. The Morgan fingerprint density at radius 2 is 1.90 bits per heavy atom. The van der Waals surface area contributed by atoms with Crippen molar-refractivity contribution in [3.05, 3.63) is 60.2 Å². The van der Waals surface area contributed by atoms with Crippen molar-refractivity contribution in [2.75, 3.05) is 31.4 Å². The first-order chi connectivity index (χ1) is 15.2. The Morgan fingerprint density at radius 3 is 2.68 bits per heavy atom. The first-order valence-electron chi connectivity index (χ1n) is 9.73. The van der Waals surface area contributed by atoms with Crippen LogP contribution in [-0.2, 0) is 4.79 Å². The van der Waals surface area contributed by atoms with E-state index in [1.807, 2.05) is 18.2 Å². The molecule has 0 aliphatic rings. The summed E-state index contributed by atoms with van der Waals surface area (Å²) in [5, 5.41) is 9.22. The van der Waals surface area contributed by atoms with Crippen molar-refractivity contribution < 1.29 is 14.3 Å². The summed E-state index contributed by atoms with van der Waals surface area (Å²) < 4.78 is 10.5. The molecule has 158 valence electrons. The van der Waals surface area contributed by atoms with Gasteiger partial charge in [0, 0.05) is 30.0 Å². The van der Waals surface area contributed by atoms with E-state index in [4.69, 9.17) is 9.47 Å². The zero-order valence-corrected chi connectivity index (χ0v) is 18.0. The first-order valence-corrected chi connectivity index (χ1v) is 10.6. The third-order valence-electron chi connectivity index (χ3n) is 4.78. The number of carbonyl (C=O) groups excluding carboxylic acids is 1. The lowest BCUT2D eigenvalue weighted by Crippen LogP contribution is -2.17. The number of amides is 1. The minimum absolute atomic E-state index is 0.141. The molecule has 0 spiro atoms. The maximum Gasteiger partial charge on any atom is 0.226 e. The Labute approximate surface area is 184 Å². The monoisotopic (exact) mass is 434 g/mol. The summed E-state index contributed by atoms with van der Waals surface area (Å²) in [7, 11) is 3.14. The Hall–Kier alpha value is -3.65. The molecule has 7 nitrogen and oxygen atoms in total. The smallest absolute Gasteiger partial charge is 0.226 e. The summed E-state index contributed by atoms with van der Waals surface area (Å²) in [5.74, 6) is 1.80. The van der Waals surface area contributed by atoms with Gasteiger partial charge in [0.15, 0.2) is 0 Å². The van der Waals surface area contributed by atoms with Crippen LogP contribution < -0.4 is 20.1 Å². The van der Waals surface area contributed by atoms with Crippen molar-refractivity contribution in [2.24, 2.45) is 0 Å². The molecule has 1 amide bonds. The number of hydrogen-bond acceptors (Lipinski definition) is 7. The van der Waals surface area contributed by atoms with E-state index in [1.54, 1.807) is 43.8 Å². The molecule has 4 aromatic rings. The third kappa shape index (κ3) is 4.59. The van der Waals surface area contributed by atoms with Gasteiger partial charge >= 0.3 is 0 Å². The van der Waals surface area contributed by atoms with Crippen LogP contribution in [0.5, 0.6) is 11.5 Å². The zero-order valence-electron chi connectivity index (χ0n) is 17.2. The number of nitrogens with zero attached hydrogens (tertiary/aromatic N) is 2. The number of nitrogens with one attached hydrogen (secondary N) is 2. The van der Waals surface area contributed by atoms with Gasteiger partial charge in [-0.15, -0.1) is 11.3 Å². The van der Waals surface area contributed by atoms with Crippen molar-refractivity contribution >= 4 is 39.0 Å². The average molecular weight is 435 g/mol. The lowest BCUT2D eigenvalue weighted by Gasteiger charge is -2.12. The Balaban J connectivity index is 1.46. The quantitative estimate of drug-likeness (QED) is 0.414. The van der Waals surface area contributed by atoms with Crippen LogP contribution in [0.15, 0.2) is 60.2 Å². The van der Waals surface area contributed by atoms with Crippen molar-refractivity contribution in [1.82, 2.24) is 9.97 Å². The van der Waals surface area contributed by atoms with Crippen LogP contribution in [0, 0.1) is 0 Å². The van der Waals surface area contributed by atoms with E-state index in [1.165, 1.54) is 6.33 Å². The molecule has 0 aliphatic heterocycles. The molecule has 8 heteroatoms. The van der Waals surface area contributed by atoms with Crippen LogP contribution in [-0.4, -0.2) is 36.6 Å². The van der Waals surface area contributed by atoms with Gasteiger partial charge in [-0.25, -0.2) is 9.97 Å². The highest BCUT2D eigenvalue weighted by atomic mass is 32.1. The third-order valence-corrected chi connectivity index (χ3v) is 5.67. The molecular formula is C23H22N4O3S. The predicted molar refractivity (Wildman–Crippen MR) is 124 cm³/mol. The molecule has 4 rings (SSSR count). The molecule has 2 N–H and O–H groups in total. The highest BCUT2D eigenvalue weighted by molar-refractivity contribution is 7.17. The number of thiophene rings is 1. The van der Waals surface area contributed by atoms with Crippen molar-refractivity contribution in [3.63, 3.8) is 0 Å². The van der Waals surface area contributed by atoms with Gasteiger partial charge in [0.2, 0.25) is 5.91 Å². The van der Waals surface area contributed by atoms with Gasteiger partial charge in [-0.1, -0.05) is 30.3 Å². The maximum atomic E-state index is 12.5. The summed E-state index contributed by atoms with van der Waals surface area (Å²) in [6, 6.07) is 15.4. The molecule has 0 aliphatic carbocycles. The lowest BCUT2D eigenvalue weighted by molar-refractivity contribution is -0.116. The number of anilines is 2. The molecule has 31 heavy (non-hydrogen) atoms. The maximum absolute atomic E-state index is 12.5. The molecule has 0 bridgehead atoms. The summed E-state index contributed by atoms with van der Waals surface area (Å²) in [4.78, 5) is 22.2. The fraction of sp³-hybridized carbons (Fsp3) is 0.174. The summed E-state index contributed by atoms with van der Waals surface area (Å²) >= 11 is 1.58. The van der Waals surface area contributed by atoms with Crippen LogP contribution in [0.2, 0.25) is 0 Å². The number of benzene rings is 2. The number of fused-ring (bicyclic) bond motifs is 1. The van der Waals surface area contributed by atoms with Gasteiger partial charge in [0.25, 0.3) is 0 Å². The number of methoxy groups -OCH3 is 2. The van der Waals surface area contributed by atoms with E-state index in [0.29, 0.717) is 23.7 Å². The van der Waals surface area contributed by atoms with Crippen LogP contribution in [0.3, 0.4) is 0 Å². The molecule has 0 radical (unpaired) electrons. The molecule has 0 fully saturated rings. The summed E-state index contributed by atoms with van der Waals surface area (Å²) in [5.41, 5.74) is 2.75. The Morgan fingerprint density at radius 1 is 1.06 bits per heavy atom. The highest BCUT2D eigenvalue weighted by Crippen LogP contribution is 2.36. The Kier molecular flexibility index (Phi) is 6.28. The Bertz CT molecular complexity index is 1190. The molecule has 2 aromatic carbocycles. The number of hydrogen-bond donors (Lipinski definition) is 2. The van der Waals surface area contributed by atoms with E-state index in [0.717, 1.165) is 27.2 Å². The van der Waals surface area contributed by atoms with E-state index in [2.05, 4.69) is 38.1 Å². The van der Waals surface area contributed by atoms with Gasteiger partial charge in [-0.05, 0) is 17.7 Å². The largest absolute Gasteiger partial charge is 0.497 e. The standard InChI is InChI=1S/C23H22N4O3S/c1-29-16-8-9-19(30-2)18(12-16)27-20(28)10-11-24-22-21-17(15-6-4-3-5-7-15)13-31-23(21)26-14-25-22/h3-9,12-14H,10-11H2,1-2H3,(H,27,28)(H,24,25,26). The number of ether oxygens (including phenoxy) is 2. The fourth-order valence-corrected chi connectivity index (χ4v) is 4.17. The average Bonchev–Trinajstić information content (AvgIpc) is 3.25. The van der Waals surface area contributed by atoms with E-state index in [9.17, 15) is 4.79 Å². The number of aromatic nitrogens is 2. The number of carbonyl (C=O) groups is 1. The predicted octanol–water partition coefficient (Wildman–Crippen LogP) is 4.82. The normalized spacial score (nSPS) is 10.6. The van der Waals surface area contributed by atoms with Gasteiger partial charge in [-0.3, -0.25) is 4.79 Å². The van der Waals surface area contributed by atoms with E-state index >= 15 is 0 Å². The molecule has 0 saturated carbocycles. The molecular weight excluding hydrogens is 412 g/mol. The van der Waals surface area contributed by atoms with Crippen LogP contribution in [0.1, 0.15) is 6.42 Å². The topological polar surface area (TPSA) is 85.4 Å². The molecule has 2 heterocycles. The van der Waals surface area contributed by atoms with Crippen LogP contribution in [0.4, 0.5) is 11.5 Å². The van der Waals surface area contributed by atoms with Crippen molar-refractivity contribution in [3.8, 4) is 22.6 Å². The second-order valence-corrected chi connectivity index (χ2v) is 7.57. The summed E-state index contributed by atoms with van der Waals surface area (Å²) in [6.07, 6.45) is 1.80. The van der Waals surface area contributed by atoms with Crippen molar-refractivity contribution in [2.45, 2.75) is 6.42 Å². The fourth-order valence-electron chi connectivity index (χ4n) is 3.26. The van der Waals surface area contributed by atoms with Crippen LogP contribution in [0.25, 0.3) is 21.3 Å². The minimum atomic E-state index is -0.141. The highest BCUT2D eigenvalue weighted by Gasteiger charge is 2.14. The summed E-state index contributed by atoms with van der Waals surface area (Å²) in [6.45, 7) is 0.425. The SMILES string of the molecule is COc1ccc(OC)c(NC(=O)CCNc2ncnc3scc(-c4ccccc4)c23)c1. The van der Waals surface area contributed by atoms with E-state index in [-0.39, 0.29) is 12.3 Å². The van der Waals surface area contributed by atoms with Gasteiger partial charge in [-0.2, -0.15) is 0 Å². The lowest BCUT2D eigenvalue weighted by atomic mass is 10.1. The minimum Gasteiger partial charge on any atom is -0.497 e. The van der Waals surface area contributed by atoms with Gasteiger partial charge < -0.3 is 20.1 Å². The second kappa shape index (κ2) is 9.44. The first kappa shape index (κ1) is 20.6. The molecule has 0 saturated heterocycles. The van der Waals surface area contributed by atoms with Gasteiger partial charge in [0.1, 0.15) is 28.5 Å². The molecule has 0 atom stereocenters. The van der Waals surface area contributed by atoms with Crippen LogP contribution >= 0.6 is 11.3 Å². The molecule has 2 aromatic heterocycles. The zero-order chi connectivity index (χ0) is 21.6. The number of rotatable bonds is 8. The van der Waals surface area contributed by atoms with Gasteiger partial charge in [0.05, 0.1) is 25.3 Å². The second-order valence-electron chi connectivity index (χ2n) is 6.71. The van der Waals surface area contributed by atoms with Crippen molar-refractivity contribution in [1.29, 1.82) is 0 Å². The van der Waals surface area contributed by atoms with E-state index < -0.39 is 0 Å².